The van der Waals surface area contributed by atoms with Crippen LogP contribution in [0.4, 0.5) is 5.69 Å². The molecule has 0 aliphatic carbocycles. The molecule has 1 nitrogen and oxygen atoms in total. The highest BCUT2D eigenvalue weighted by Crippen LogP contribution is 2.40. The summed E-state index contributed by atoms with van der Waals surface area (Å²) < 4.78 is 0. The van der Waals surface area contributed by atoms with Gasteiger partial charge in [0.05, 0.1) is 0 Å². The number of anilines is 1. The molecular weight excluding hydrogens is 274 g/mol. The predicted octanol–water partition coefficient (Wildman–Crippen LogP) is 4.89. The van der Waals surface area contributed by atoms with Crippen molar-refractivity contribution in [2.24, 2.45) is 0 Å². The molecule has 0 radical (unpaired) electrons. The van der Waals surface area contributed by atoms with Crippen molar-refractivity contribution in [2.75, 3.05) is 10.7 Å². The normalized spacial score (nSPS) is 16.2. The molecule has 0 saturated heterocycles. The highest BCUT2D eigenvalue weighted by atomic mass is 32.2. The van der Waals surface area contributed by atoms with Gasteiger partial charge in [-0.1, -0.05) is 31.7 Å². The van der Waals surface area contributed by atoms with E-state index in [1.807, 2.05) is 11.8 Å². The zero-order chi connectivity index (χ0) is 14.4. The summed E-state index contributed by atoms with van der Waals surface area (Å²) in [4.78, 5) is 3.80. The molecule has 2 heteroatoms. The minimum atomic E-state index is 0.946. The van der Waals surface area contributed by atoms with Crippen molar-refractivity contribution in [1.82, 2.24) is 0 Å². The van der Waals surface area contributed by atoms with E-state index in [1.54, 1.807) is 0 Å². The van der Waals surface area contributed by atoms with Crippen molar-refractivity contribution in [3.8, 4) is 0 Å². The Labute approximate surface area is 130 Å². The maximum Gasteiger partial charge on any atom is 0.0488 e. The van der Waals surface area contributed by atoms with Gasteiger partial charge in [-0.2, -0.15) is 0 Å². The lowest BCUT2D eigenvalue weighted by atomic mass is 10.0. The maximum atomic E-state index is 4.34. The molecule has 2 aliphatic rings. The molecule has 0 aromatic heterocycles. The van der Waals surface area contributed by atoms with Gasteiger partial charge in [0.2, 0.25) is 0 Å². The summed E-state index contributed by atoms with van der Waals surface area (Å²) in [6.07, 6.45) is 2.29. The van der Waals surface area contributed by atoms with Crippen LogP contribution in [0.5, 0.6) is 0 Å². The molecule has 2 aliphatic heterocycles. The first kappa shape index (κ1) is 13.0. The molecule has 0 spiro atoms. The minimum absolute atomic E-state index is 0.946. The third-order valence-electron chi connectivity index (χ3n) is 4.54. The molecule has 2 aromatic rings. The molecule has 106 valence electrons. The third-order valence-corrected chi connectivity index (χ3v) is 5.64. The highest BCUT2D eigenvalue weighted by molar-refractivity contribution is 7.99. The van der Waals surface area contributed by atoms with Gasteiger partial charge in [0.15, 0.2) is 0 Å². The molecule has 4 rings (SSSR count). The van der Waals surface area contributed by atoms with Crippen molar-refractivity contribution in [3.63, 3.8) is 0 Å². The number of rotatable bonds is 2. The quantitative estimate of drug-likeness (QED) is 0.775. The van der Waals surface area contributed by atoms with Gasteiger partial charge in [0.25, 0.3) is 0 Å². The Hall–Kier alpha value is -1.67. The van der Waals surface area contributed by atoms with Crippen LogP contribution in [0, 0.1) is 0 Å². The topological polar surface area (TPSA) is 3.24 Å². The highest BCUT2D eigenvalue weighted by Gasteiger charge is 2.24. The van der Waals surface area contributed by atoms with Crippen molar-refractivity contribution < 1.29 is 0 Å². The second-order valence-corrected chi connectivity index (χ2v) is 6.91. The largest absolute Gasteiger partial charge is 0.337 e. The molecular formula is C19H19NS. The van der Waals surface area contributed by atoms with Gasteiger partial charge >= 0.3 is 0 Å². The van der Waals surface area contributed by atoms with E-state index < -0.39 is 0 Å². The fraction of sp³-hybridized carbons (Fsp3) is 0.263. The number of benzene rings is 2. The van der Waals surface area contributed by atoms with Gasteiger partial charge in [-0.25, -0.2) is 0 Å². The summed E-state index contributed by atoms with van der Waals surface area (Å²) in [7, 11) is 0. The SMILES string of the molecule is C=C1c2cc(CC)ccc2CN1c1ccc2c(c1)SCC2. The fourth-order valence-electron chi connectivity index (χ4n) is 3.23. The van der Waals surface area contributed by atoms with E-state index in [4.69, 9.17) is 0 Å². The van der Waals surface area contributed by atoms with Crippen LogP contribution in [0.1, 0.15) is 29.2 Å². The molecule has 21 heavy (non-hydrogen) atoms. The third kappa shape index (κ3) is 2.09. The lowest BCUT2D eigenvalue weighted by molar-refractivity contribution is 1.03. The Morgan fingerprint density at radius 2 is 2.00 bits per heavy atom. The van der Waals surface area contributed by atoms with Gasteiger partial charge in [-0.05, 0) is 47.7 Å². The number of hydrogen-bond acceptors (Lipinski definition) is 2. The molecule has 2 heterocycles. The Kier molecular flexibility index (Phi) is 3.07. The first-order valence-electron chi connectivity index (χ1n) is 7.60. The minimum Gasteiger partial charge on any atom is -0.337 e. The summed E-state index contributed by atoms with van der Waals surface area (Å²) in [5.74, 6) is 1.22. The molecule has 0 fully saturated rings. The van der Waals surface area contributed by atoms with E-state index in [0.29, 0.717) is 0 Å². The van der Waals surface area contributed by atoms with Crippen molar-refractivity contribution in [2.45, 2.75) is 31.2 Å². The van der Waals surface area contributed by atoms with E-state index in [1.165, 1.54) is 45.0 Å². The van der Waals surface area contributed by atoms with Crippen LogP contribution >= 0.6 is 11.8 Å². The fourth-order valence-corrected chi connectivity index (χ4v) is 4.33. The average molecular weight is 293 g/mol. The number of nitrogens with zero attached hydrogens (tertiary/aromatic N) is 1. The molecule has 0 saturated carbocycles. The van der Waals surface area contributed by atoms with Gasteiger partial charge in [-0.3, -0.25) is 0 Å². The van der Waals surface area contributed by atoms with Crippen molar-refractivity contribution in [3.05, 3.63) is 65.2 Å². The lowest BCUT2D eigenvalue weighted by Crippen LogP contribution is -2.12. The van der Waals surface area contributed by atoms with E-state index in [-0.39, 0.29) is 0 Å². The van der Waals surface area contributed by atoms with E-state index in [9.17, 15) is 0 Å². The van der Waals surface area contributed by atoms with Gasteiger partial charge in [-0.15, -0.1) is 11.8 Å². The Morgan fingerprint density at radius 1 is 1.14 bits per heavy atom. The smallest absolute Gasteiger partial charge is 0.0488 e. The molecule has 2 aromatic carbocycles. The predicted molar refractivity (Wildman–Crippen MR) is 91.9 cm³/mol. The zero-order valence-electron chi connectivity index (χ0n) is 12.4. The molecule has 0 unspecified atom stereocenters. The second kappa shape index (κ2) is 4.96. The molecule has 0 N–H and O–H groups in total. The van der Waals surface area contributed by atoms with Crippen molar-refractivity contribution >= 4 is 23.1 Å². The van der Waals surface area contributed by atoms with Crippen LogP contribution in [0.25, 0.3) is 5.70 Å². The van der Waals surface area contributed by atoms with Gasteiger partial charge in [0, 0.05) is 34.1 Å². The number of fused-ring (bicyclic) bond motifs is 2. The van der Waals surface area contributed by atoms with Crippen molar-refractivity contribution in [1.29, 1.82) is 0 Å². The summed E-state index contributed by atoms with van der Waals surface area (Å²) >= 11 is 1.98. The number of hydrogen-bond donors (Lipinski definition) is 0. The van der Waals surface area contributed by atoms with E-state index >= 15 is 0 Å². The van der Waals surface area contributed by atoms with Gasteiger partial charge in [0.1, 0.15) is 0 Å². The van der Waals surface area contributed by atoms with Crippen LogP contribution in [-0.2, 0) is 19.4 Å². The summed E-state index contributed by atoms with van der Waals surface area (Å²) in [5, 5.41) is 0. The Balaban J connectivity index is 1.70. The van der Waals surface area contributed by atoms with Crippen LogP contribution in [0.2, 0.25) is 0 Å². The van der Waals surface area contributed by atoms with Crippen LogP contribution < -0.4 is 4.90 Å². The summed E-state index contributed by atoms with van der Waals surface area (Å²) in [5.41, 5.74) is 8.03. The van der Waals surface area contributed by atoms with Gasteiger partial charge < -0.3 is 4.90 Å². The van der Waals surface area contributed by atoms with Crippen LogP contribution in [0.15, 0.2) is 47.9 Å². The standard InChI is InChI=1S/C19H19NS/c1-3-14-4-5-16-12-20(13(2)18(16)10-14)17-7-6-15-8-9-21-19(15)11-17/h4-7,10-11H,2-3,8-9,12H2,1H3. The number of aryl methyl sites for hydroxylation is 2. The Morgan fingerprint density at radius 3 is 2.86 bits per heavy atom. The first-order valence-corrected chi connectivity index (χ1v) is 8.59. The van der Waals surface area contributed by atoms with Crippen LogP contribution in [0.3, 0.4) is 0 Å². The maximum absolute atomic E-state index is 4.34. The molecule has 0 bridgehead atoms. The van der Waals surface area contributed by atoms with E-state index in [0.717, 1.165) is 18.7 Å². The summed E-state index contributed by atoms with van der Waals surface area (Å²) in [6.45, 7) is 7.49. The van der Waals surface area contributed by atoms with Crippen LogP contribution in [-0.4, -0.2) is 5.75 Å². The van der Waals surface area contributed by atoms with E-state index in [2.05, 4.69) is 54.8 Å². The monoisotopic (exact) mass is 293 g/mol. The second-order valence-electron chi connectivity index (χ2n) is 5.77. The Bertz CT molecular complexity index is 732. The lowest BCUT2D eigenvalue weighted by Gasteiger charge is -2.20. The number of thioether (sulfide) groups is 1. The average Bonchev–Trinajstić information content (AvgIpc) is 3.11. The summed E-state index contributed by atoms with van der Waals surface area (Å²) in [6, 6.07) is 13.7. The molecule has 0 amide bonds. The zero-order valence-corrected chi connectivity index (χ0v) is 13.2. The molecule has 0 atom stereocenters. The first-order chi connectivity index (χ1) is 10.3.